The quantitative estimate of drug-likeness (QED) is 0.863. The lowest BCUT2D eigenvalue weighted by Gasteiger charge is -2.36. The van der Waals surface area contributed by atoms with Gasteiger partial charge in [-0.2, -0.15) is 0 Å². The van der Waals surface area contributed by atoms with Crippen LogP contribution in [0.15, 0.2) is 30.3 Å². The molecular weight excluding hydrogens is 345 g/mol. The van der Waals surface area contributed by atoms with Gasteiger partial charge in [0, 0.05) is 13.1 Å². The van der Waals surface area contributed by atoms with E-state index in [0.717, 1.165) is 12.1 Å². The summed E-state index contributed by atoms with van der Waals surface area (Å²) in [6, 6.07) is 6.22. The van der Waals surface area contributed by atoms with Gasteiger partial charge in [0.25, 0.3) is 5.91 Å². The Bertz CT molecular complexity index is 806. The molecule has 140 valence electrons. The number of β-amino-alcohol motifs (C(OH)–C–C–N with tert-alkyl or cyclic N) is 1. The minimum atomic E-state index is -1.26. The maximum atomic E-state index is 14.2. The third-order valence-electron chi connectivity index (χ3n) is 3.86. The van der Waals surface area contributed by atoms with Crippen LogP contribution in [-0.2, 0) is 0 Å². The van der Waals surface area contributed by atoms with Crippen LogP contribution in [0.4, 0.5) is 24.5 Å². The number of benzene rings is 2. The summed E-state index contributed by atoms with van der Waals surface area (Å²) < 4.78 is 41.8. The van der Waals surface area contributed by atoms with E-state index in [1.54, 1.807) is 13.0 Å². The lowest BCUT2D eigenvalue weighted by Crippen LogP contribution is -2.53. The van der Waals surface area contributed by atoms with Gasteiger partial charge in [-0.1, -0.05) is 19.9 Å². The van der Waals surface area contributed by atoms with Crippen LogP contribution in [0.3, 0.4) is 0 Å². The molecule has 2 aromatic carbocycles. The van der Waals surface area contributed by atoms with Gasteiger partial charge in [-0.05, 0) is 36.8 Å². The Kier molecular flexibility index (Phi) is 6.26. The molecule has 1 aliphatic rings. The number of aliphatic hydroxyl groups excluding tert-OH is 1. The van der Waals surface area contributed by atoms with E-state index in [1.807, 2.05) is 13.8 Å². The van der Waals surface area contributed by atoms with E-state index < -0.39 is 35.2 Å². The van der Waals surface area contributed by atoms with Crippen LogP contribution in [-0.4, -0.2) is 35.1 Å². The van der Waals surface area contributed by atoms with Gasteiger partial charge in [-0.15, -0.1) is 0 Å². The summed E-state index contributed by atoms with van der Waals surface area (Å²) in [6.45, 7) is 5.94. The zero-order valence-corrected chi connectivity index (χ0v) is 14.8. The van der Waals surface area contributed by atoms with Crippen LogP contribution in [0.2, 0.25) is 0 Å². The van der Waals surface area contributed by atoms with Crippen molar-refractivity contribution < 1.29 is 23.1 Å². The van der Waals surface area contributed by atoms with Crippen molar-refractivity contribution in [3.63, 3.8) is 0 Å². The summed E-state index contributed by atoms with van der Waals surface area (Å²) in [5, 5.41) is 11.8. The van der Waals surface area contributed by atoms with Crippen molar-refractivity contribution in [2.45, 2.75) is 26.9 Å². The Balaban J connectivity index is 0.00000117. The molecule has 3 rings (SSSR count). The van der Waals surface area contributed by atoms with Crippen molar-refractivity contribution in [1.29, 1.82) is 0 Å². The molecule has 4 nitrogen and oxygen atoms in total. The van der Waals surface area contributed by atoms with Crippen molar-refractivity contribution in [3.05, 3.63) is 58.9 Å². The minimum Gasteiger partial charge on any atom is -0.389 e. The molecule has 0 saturated carbocycles. The average molecular weight is 366 g/mol. The largest absolute Gasteiger partial charge is 0.389 e. The lowest BCUT2D eigenvalue weighted by molar-refractivity contribution is 0.00593. The maximum absolute atomic E-state index is 14.2. The van der Waals surface area contributed by atoms with Gasteiger partial charge in [0.05, 0.1) is 23.0 Å². The number of hydrogen-bond acceptors (Lipinski definition) is 3. The Morgan fingerprint density at radius 3 is 2.35 bits per heavy atom. The van der Waals surface area contributed by atoms with E-state index in [2.05, 4.69) is 5.32 Å². The highest BCUT2D eigenvalue weighted by Gasteiger charge is 2.32. The van der Waals surface area contributed by atoms with Gasteiger partial charge < -0.3 is 15.3 Å². The standard InChI is InChI=1S/C17H15F3N2O2.C2H6/c1-9-2-5-14(13(19)6-9)21-16-11(3-4-12(18)15(16)20)17(24)22-7-10(23)8-22;1-2/h2-6,10,21,23H,7-8H2,1H3;1-2H3. The second-order valence-electron chi connectivity index (χ2n) is 5.76. The van der Waals surface area contributed by atoms with Gasteiger partial charge in [0.2, 0.25) is 0 Å². The summed E-state index contributed by atoms with van der Waals surface area (Å²) in [4.78, 5) is 13.7. The van der Waals surface area contributed by atoms with Gasteiger partial charge in [-0.3, -0.25) is 4.79 Å². The lowest BCUT2D eigenvalue weighted by atomic mass is 10.1. The smallest absolute Gasteiger partial charge is 0.256 e. The van der Waals surface area contributed by atoms with Crippen molar-refractivity contribution in [3.8, 4) is 0 Å². The Morgan fingerprint density at radius 1 is 1.12 bits per heavy atom. The van der Waals surface area contributed by atoms with E-state index in [1.165, 1.54) is 17.0 Å². The van der Waals surface area contributed by atoms with Gasteiger partial charge in [-0.25, -0.2) is 13.2 Å². The topological polar surface area (TPSA) is 52.6 Å². The number of halogens is 3. The second-order valence-corrected chi connectivity index (χ2v) is 5.76. The van der Waals surface area contributed by atoms with Crippen molar-refractivity contribution >= 4 is 17.3 Å². The molecule has 1 heterocycles. The number of hydrogen-bond donors (Lipinski definition) is 2. The number of amides is 1. The highest BCUT2D eigenvalue weighted by atomic mass is 19.2. The molecule has 0 spiro atoms. The first-order valence-electron chi connectivity index (χ1n) is 8.35. The van der Waals surface area contributed by atoms with Crippen LogP contribution < -0.4 is 5.32 Å². The monoisotopic (exact) mass is 366 g/mol. The Morgan fingerprint density at radius 2 is 1.77 bits per heavy atom. The van der Waals surface area contributed by atoms with Crippen LogP contribution in [0, 0.1) is 24.4 Å². The van der Waals surface area contributed by atoms with E-state index in [4.69, 9.17) is 0 Å². The number of nitrogens with zero attached hydrogens (tertiary/aromatic N) is 1. The molecule has 1 aliphatic heterocycles. The zero-order valence-electron chi connectivity index (χ0n) is 14.8. The summed E-state index contributed by atoms with van der Waals surface area (Å²) in [5.41, 5.74) is 0.0522. The van der Waals surface area contributed by atoms with Gasteiger partial charge in [0.15, 0.2) is 11.6 Å². The average Bonchev–Trinajstić information content (AvgIpc) is 2.59. The van der Waals surface area contributed by atoms with Crippen molar-refractivity contribution in [1.82, 2.24) is 4.90 Å². The molecule has 1 fully saturated rings. The Hall–Kier alpha value is -2.54. The maximum Gasteiger partial charge on any atom is 0.256 e. The van der Waals surface area contributed by atoms with Crippen LogP contribution in [0.25, 0.3) is 0 Å². The molecule has 2 aromatic rings. The number of aryl methyl sites for hydroxylation is 1. The van der Waals surface area contributed by atoms with Crippen LogP contribution in [0.5, 0.6) is 0 Å². The van der Waals surface area contributed by atoms with Crippen molar-refractivity contribution in [2.24, 2.45) is 0 Å². The first-order chi connectivity index (χ1) is 12.4. The molecule has 26 heavy (non-hydrogen) atoms. The van der Waals surface area contributed by atoms with Crippen LogP contribution in [0.1, 0.15) is 29.8 Å². The number of carbonyl (C=O) groups is 1. The molecule has 7 heteroatoms. The van der Waals surface area contributed by atoms with Gasteiger partial charge in [0.1, 0.15) is 5.82 Å². The van der Waals surface area contributed by atoms with E-state index in [-0.39, 0.29) is 24.3 Å². The van der Waals surface area contributed by atoms with E-state index in [0.29, 0.717) is 5.56 Å². The molecule has 0 aromatic heterocycles. The molecule has 0 unspecified atom stereocenters. The number of likely N-dealkylation sites (tertiary alicyclic amines) is 1. The third kappa shape index (κ3) is 3.99. The first kappa shape index (κ1) is 19.8. The number of carbonyl (C=O) groups excluding carboxylic acids is 1. The van der Waals surface area contributed by atoms with E-state index >= 15 is 0 Å². The normalized spacial score (nSPS) is 13.6. The highest BCUT2D eigenvalue weighted by molar-refractivity contribution is 6.01. The first-order valence-corrected chi connectivity index (χ1v) is 8.35. The highest BCUT2D eigenvalue weighted by Crippen LogP contribution is 2.30. The fourth-order valence-electron chi connectivity index (χ4n) is 2.50. The van der Waals surface area contributed by atoms with Gasteiger partial charge >= 0.3 is 0 Å². The second kappa shape index (κ2) is 8.23. The molecule has 0 bridgehead atoms. The number of anilines is 2. The number of aliphatic hydroxyl groups is 1. The summed E-state index contributed by atoms with van der Waals surface area (Å²) in [7, 11) is 0. The number of nitrogens with one attached hydrogen (secondary N) is 1. The molecule has 0 radical (unpaired) electrons. The number of rotatable bonds is 3. The summed E-state index contributed by atoms with van der Waals surface area (Å²) in [6.07, 6.45) is -0.620. The Labute approximate surface area is 150 Å². The molecule has 2 N–H and O–H groups in total. The molecule has 0 atom stereocenters. The predicted octanol–water partition coefficient (Wildman–Crippen LogP) is 4.00. The third-order valence-corrected chi connectivity index (χ3v) is 3.86. The minimum absolute atomic E-state index is 0.0669. The summed E-state index contributed by atoms with van der Waals surface area (Å²) in [5.74, 6) is -3.61. The molecule has 1 saturated heterocycles. The van der Waals surface area contributed by atoms with Crippen LogP contribution >= 0.6 is 0 Å². The fraction of sp³-hybridized carbons (Fsp3) is 0.316. The molecular formula is C19H21F3N2O2. The molecule has 1 amide bonds. The zero-order chi connectivity index (χ0) is 19.4. The summed E-state index contributed by atoms with van der Waals surface area (Å²) >= 11 is 0. The van der Waals surface area contributed by atoms with Crippen molar-refractivity contribution in [2.75, 3.05) is 18.4 Å². The predicted molar refractivity (Wildman–Crippen MR) is 94.0 cm³/mol. The molecule has 0 aliphatic carbocycles. The SMILES string of the molecule is CC.Cc1ccc(Nc2c(C(=O)N3CC(O)C3)ccc(F)c2F)c(F)c1. The van der Waals surface area contributed by atoms with E-state index in [9.17, 15) is 23.1 Å². The fourth-order valence-corrected chi connectivity index (χ4v) is 2.50.